The number of aliphatic hydroxyl groups is 5. The van der Waals surface area contributed by atoms with Crippen LogP contribution in [0.3, 0.4) is 0 Å². The summed E-state index contributed by atoms with van der Waals surface area (Å²) in [5, 5.41) is 55.2. The Morgan fingerprint density at radius 1 is 0.393 bits per heavy atom. The Balaban J connectivity index is 0.000000206. The number of ether oxygens (including phenoxy) is 10. The van der Waals surface area contributed by atoms with Crippen LogP contribution in [0.2, 0.25) is 0 Å². The quantitative estimate of drug-likeness (QED) is 0.0552. The van der Waals surface area contributed by atoms with Crippen LogP contribution in [0.1, 0.15) is 313 Å². The van der Waals surface area contributed by atoms with Gasteiger partial charge >= 0.3 is 0 Å². The highest BCUT2D eigenvalue weighted by Gasteiger charge is 2.45. The summed E-state index contributed by atoms with van der Waals surface area (Å²) in [5.74, 6) is -10.8. The molecule has 652 valence electrons. The Morgan fingerprint density at radius 2 is 0.667 bits per heavy atom. The lowest BCUT2D eigenvalue weighted by Crippen LogP contribution is -2.48. The molecule has 10 aliphatic rings. The molecule has 10 heterocycles. The van der Waals surface area contributed by atoms with Gasteiger partial charge in [-0.3, -0.25) is 24.5 Å². The molecule has 20 nitrogen and oxygen atoms in total. The van der Waals surface area contributed by atoms with Crippen LogP contribution in [0.4, 0.5) is 0 Å². The number of fused-ring (bicyclic) bond motifs is 15. The lowest BCUT2D eigenvalue weighted by Gasteiger charge is -2.47. The molecule has 117 heavy (non-hydrogen) atoms. The van der Waals surface area contributed by atoms with E-state index in [0.717, 1.165) is 43.1 Å². The minimum atomic E-state index is -4.52. The van der Waals surface area contributed by atoms with Crippen molar-refractivity contribution in [3.8, 4) is 57.5 Å². The summed E-state index contributed by atoms with van der Waals surface area (Å²) < 4.78 is 549. The third kappa shape index (κ3) is 22.0. The van der Waals surface area contributed by atoms with Gasteiger partial charge in [0, 0.05) is 146 Å². The molecule has 5 aromatic rings. The van der Waals surface area contributed by atoms with Crippen molar-refractivity contribution in [3.05, 3.63) is 116 Å². The van der Waals surface area contributed by atoms with E-state index in [1.54, 1.807) is 0 Å². The Labute approximate surface area is 785 Å². The van der Waals surface area contributed by atoms with E-state index >= 15 is 0 Å². The zero-order valence-electron chi connectivity index (χ0n) is 128. The standard InChI is InChI=1S/2C20H31NO3.3C19H29NO3/c2*1-20(2,3)11-14-12-21-7-6-13-8-18(23-4)19(24-5)9-15(13)16(21)10-17(14)22;3*1-12(2)7-14-11-20-6-5-13-8-18(22-3)19(23-4)9-15(13)16(20)10-17(14)21/h2*8-9,14,16-17,22H,6-7,10-12H2,1-5H3;3*8-9,12,14,16-17,21H,5-7,10-11H2,1-4H3/i1D3,2D3,5D3,8D,9D,10D2,11D2,12D2,14D,16D,17D;1D3,2D3,6D2,7D2,8D,9D,11D2,16D;4D3,5D2,6D2,8D,9D,16D;2*5D2,6D2,8D,9D,16D. The van der Waals surface area contributed by atoms with Gasteiger partial charge in [-0.05, 0) is 270 Å². The molecule has 0 amide bonds. The second kappa shape index (κ2) is 40.1. The van der Waals surface area contributed by atoms with Gasteiger partial charge in [0.2, 0.25) is 0 Å². The first kappa shape index (κ1) is 41.3. The van der Waals surface area contributed by atoms with Gasteiger partial charge in [-0.25, -0.2) is 0 Å². The monoisotopic (exact) mass is 1680 g/mol. The van der Waals surface area contributed by atoms with Crippen LogP contribution < -0.4 is 47.4 Å². The number of benzene rings is 5. The van der Waals surface area contributed by atoms with Crippen LogP contribution in [-0.4, -0.2) is 217 Å². The van der Waals surface area contributed by atoms with E-state index in [-0.39, 0.29) is 137 Å². The molecular formula is C97H149N5O15. The van der Waals surface area contributed by atoms with Gasteiger partial charge in [-0.1, -0.05) is 82.8 Å². The Kier molecular flexibility index (Phi) is 14.2. The summed E-state index contributed by atoms with van der Waals surface area (Å²) in [6.45, 7) is -18.9. The molecule has 15 atom stereocenters. The lowest BCUT2D eigenvalue weighted by atomic mass is 9.75. The second-order valence-electron chi connectivity index (χ2n) is 31.0. The van der Waals surface area contributed by atoms with E-state index in [4.69, 9.17) is 121 Å². The van der Waals surface area contributed by atoms with Gasteiger partial charge in [0.1, 0.15) is 0 Å². The SMILES string of the molecule is [2H]c1c(OC([2H])([2H])[2H])c(OC)c([2H])c2c1C1([2H])CC(O)C(CC(C)C)CN1C([2H])([2H])C2([2H])[2H].[2H]c1c(OC)c(OC)c([2H])c2c1C1([2H])CC(O)C(C([2H])([2H])C(C)(C([2H])([2H])[2H])C([2H])([2H])[2H])CN1C([2H])([2H])C2([2H])[2H].[2H]c1c(OC)c(OC)c([2H])c2c1C1([2H])CC(O)C(CC(C)C)CN1C([2H])([2H])C2([2H])[2H].[2H]c1c(OC)c(OC)c([2H])c2c1C1([2H])CC(O)C(CC(C)C)CN1C([2H])([2H])C2([2H])[2H].[2H]c1c2c(c([2H])c(OC([2H])([2H])[2H])c1OC)C1([2H])N(CC2)C([2H])([2H])C([2H])(C([2H])([2H])C(C)(C([2H])([2H])[2H])C([2H])([2H])[2H])C([2H])(O)C1([2H])[2H]. The van der Waals surface area contributed by atoms with Crippen LogP contribution >= 0.6 is 0 Å². The summed E-state index contributed by atoms with van der Waals surface area (Å²) in [5.41, 5.74) is -11.3. The molecule has 0 bridgehead atoms. The summed E-state index contributed by atoms with van der Waals surface area (Å²) in [6.07, 6.45) is -32.7. The Bertz CT molecular complexity index is 6810. The third-order valence-electron chi connectivity index (χ3n) is 20.6. The van der Waals surface area contributed by atoms with Crippen LogP contribution in [0.5, 0.6) is 57.5 Å². The summed E-state index contributed by atoms with van der Waals surface area (Å²) in [7, 11) is 3.20. The van der Waals surface area contributed by atoms with Gasteiger partial charge in [-0.15, -0.1) is 0 Å². The largest absolute Gasteiger partial charge is 0.493 e. The second-order valence-corrected chi connectivity index (χ2v) is 31.0. The molecule has 0 spiro atoms. The number of nitrogens with zero attached hydrogens (tertiary/aromatic N) is 5. The Hall–Kier alpha value is -6.30. The van der Waals surface area contributed by atoms with E-state index in [0.29, 0.717) is 38.0 Å². The topological polar surface area (TPSA) is 210 Å². The minimum Gasteiger partial charge on any atom is -0.493 e. The molecule has 0 aromatic heterocycles. The molecule has 0 radical (unpaired) electrons. The number of hydrogen-bond acceptors (Lipinski definition) is 20. The maximum absolute atomic E-state index is 11.6. The fraction of sp³-hybridized carbons (Fsp3) is 0.691. The van der Waals surface area contributed by atoms with Crippen molar-refractivity contribution in [2.24, 2.45) is 58.1 Å². The van der Waals surface area contributed by atoms with E-state index < -0.39 is 344 Å². The van der Waals surface area contributed by atoms with Crippen molar-refractivity contribution in [3.63, 3.8) is 0 Å². The normalized spacial score (nSPS) is 44.4. The van der Waals surface area contributed by atoms with Gasteiger partial charge in [-0.2, -0.15) is 0 Å². The average molecular weight is 1680 g/mol. The number of aliphatic hydroxyl groups excluding tert-OH is 4. The predicted octanol–water partition coefficient (Wildman–Crippen LogP) is 15.9. The van der Waals surface area contributed by atoms with E-state index in [2.05, 4.69) is 0 Å². The molecule has 15 unspecified atom stereocenters. The molecule has 10 aliphatic heterocycles. The van der Waals surface area contributed by atoms with Crippen LogP contribution in [0.25, 0.3) is 0 Å². The number of hydrogen-bond donors (Lipinski definition) is 5. The van der Waals surface area contributed by atoms with Gasteiger partial charge in [0.15, 0.2) is 57.5 Å². The first-order chi connectivity index (χ1) is 78.9. The maximum Gasteiger partial charge on any atom is 0.161 e. The fourth-order valence-electron chi connectivity index (χ4n) is 15.3. The van der Waals surface area contributed by atoms with Gasteiger partial charge < -0.3 is 72.9 Å². The highest BCUT2D eigenvalue weighted by Crippen LogP contribution is 2.51. The van der Waals surface area contributed by atoms with Crippen molar-refractivity contribution in [1.29, 1.82) is 0 Å². The van der Waals surface area contributed by atoms with Gasteiger partial charge in [0.05, 0.1) is 132 Å². The number of piperidine rings is 5. The van der Waals surface area contributed by atoms with Crippen molar-refractivity contribution in [2.45, 2.75) is 239 Å². The first-order valence-electron chi connectivity index (χ1n) is 67.9. The maximum atomic E-state index is 11.6. The smallest absolute Gasteiger partial charge is 0.161 e. The van der Waals surface area contributed by atoms with E-state index in [9.17, 15) is 32.4 Å². The molecule has 0 saturated carbocycles. The van der Waals surface area contributed by atoms with Crippen molar-refractivity contribution in [1.82, 2.24) is 24.5 Å². The molecule has 5 aromatic carbocycles. The van der Waals surface area contributed by atoms with Crippen molar-refractivity contribution < 1.29 is 154 Å². The number of rotatable bonds is 18. The molecular weight excluding hydrogens is 1480 g/mol. The predicted molar refractivity (Wildman–Crippen MR) is 465 cm³/mol. The molecule has 20 heteroatoms. The Morgan fingerprint density at radius 3 is 0.966 bits per heavy atom. The fourth-order valence-corrected chi connectivity index (χ4v) is 15.3. The minimum absolute atomic E-state index is 0.0318. The summed E-state index contributed by atoms with van der Waals surface area (Å²) in [6, 6.07) is -18.0. The van der Waals surface area contributed by atoms with Crippen LogP contribution in [-0.2, 0) is 31.9 Å². The van der Waals surface area contributed by atoms with E-state index in [1.165, 1.54) is 28.4 Å². The highest BCUT2D eigenvalue weighted by molar-refractivity contribution is 5.54. The van der Waals surface area contributed by atoms with Gasteiger partial charge in [0.25, 0.3) is 0 Å². The molecule has 5 fully saturated rings. The summed E-state index contributed by atoms with van der Waals surface area (Å²) >= 11 is 0. The summed E-state index contributed by atoms with van der Waals surface area (Å²) in [4.78, 5) is 3.95. The zero-order valence-corrected chi connectivity index (χ0v) is 68.6. The molecule has 5 N–H and O–H groups in total. The first-order valence-corrected chi connectivity index (χ1v) is 38.4. The lowest BCUT2D eigenvalue weighted by molar-refractivity contribution is -0.0259. The number of methoxy groups -OCH3 is 10. The average Bonchev–Trinajstić information content (AvgIpc) is 0.634. The molecule has 5 saturated heterocycles. The zero-order chi connectivity index (χ0) is 136. The van der Waals surface area contributed by atoms with Crippen LogP contribution in [0, 0.1) is 58.1 Å². The van der Waals surface area contributed by atoms with Crippen molar-refractivity contribution in [2.75, 3.05) is 136 Å². The van der Waals surface area contributed by atoms with Crippen LogP contribution in [0.15, 0.2) is 60.4 Å². The van der Waals surface area contributed by atoms with Crippen molar-refractivity contribution >= 4 is 0 Å². The molecule has 0 aliphatic carbocycles. The molecule has 15 rings (SSSR count). The highest BCUT2D eigenvalue weighted by atomic mass is 16.5. The van der Waals surface area contributed by atoms with E-state index in [1.807, 2.05) is 41.5 Å². The third-order valence-corrected chi connectivity index (χ3v) is 20.6.